The minimum Gasteiger partial charge on any atom is -0.481 e. The van der Waals surface area contributed by atoms with Crippen LogP contribution in [0.4, 0.5) is 10.5 Å². The van der Waals surface area contributed by atoms with E-state index in [-0.39, 0.29) is 6.42 Å². The van der Waals surface area contributed by atoms with Crippen LogP contribution >= 0.6 is 0 Å². The first-order valence-corrected chi connectivity index (χ1v) is 5.05. The Bertz CT molecular complexity index is 455. The predicted molar refractivity (Wildman–Crippen MR) is 62.4 cm³/mol. The fourth-order valence-corrected chi connectivity index (χ4v) is 1.21. The third-order valence-electron chi connectivity index (χ3n) is 1.97. The number of nitrogens with one attached hydrogen (secondary N) is 2. The summed E-state index contributed by atoms with van der Waals surface area (Å²) in [6.45, 7) is -0.469. The van der Waals surface area contributed by atoms with Crippen molar-refractivity contribution in [1.82, 2.24) is 5.32 Å². The van der Waals surface area contributed by atoms with Crippen molar-refractivity contribution in [1.29, 1.82) is 0 Å². The molecule has 4 N–H and O–H groups in total. The van der Waals surface area contributed by atoms with E-state index in [0.717, 1.165) is 0 Å². The van der Waals surface area contributed by atoms with E-state index in [0.29, 0.717) is 11.3 Å². The zero-order valence-corrected chi connectivity index (χ0v) is 9.34. The molecule has 0 heterocycles. The molecule has 0 atom stereocenters. The van der Waals surface area contributed by atoms with Gasteiger partial charge in [-0.25, -0.2) is 4.79 Å². The highest BCUT2D eigenvalue weighted by molar-refractivity contribution is 5.91. The van der Waals surface area contributed by atoms with E-state index in [1.54, 1.807) is 24.3 Å². The van der Waals surface area contributed by atoms with E-state index < -0.39 is 24.5 Å². The van der Waals surface area contributed by atoms with Crippen molar-refractivity contribution in [2.24, 2.45) is 0 Å². The molecule has 0 saturated carbocycles. The fourth-order valence-electron chi connectivity index (χ4n) is 1.21. The molecule has 0 unspecified atom stereocenters. The molecular weight excluding hydrogens is 240 g/mol. The van der Waals surface area contributed by atoms with Gasteiger partial charge in [-0.1, -0.05) is 12.1 Å². The van der Waals surface area contributed by atoms with Crippen LogP contribution in [0, 0.1) is 0 Å². The van der Waals surface area contributed by atoms with Gasteiger partial charge >= 0.3 is 18.0 Å². The monoisotopic (exact) mass is 252 g/mol. The maximum absolute atomic E-state index is 11.2. The number of aliphatic carboxylic acids is 2. The molecule has 0 bridgehead atoms. The highest BCUT2D eigenvalue weighted by Gasteiger charge is 2.04. The van der Waals surface area contributed by atoms with Crippen molar-refractivity contribution in [3.63, 3.8) is 0 Å². The molecule has 7 heteroatoms. The van der Waals surface area contributed by atoms with Crippen LogP contribution in [0.2, 0.25) is 0 Å². The molecule has 0 spiro atoms. The topological polar surface area (TPSA) is 116 Å². The first-order valence-electron chi connectivity index (χ1n) is 5.05. The van der Waals surface area contributed by atoms with Gasteiger partial charge in [-0.15, -0.1) is 0 Å². The fraction of sp³-hybridized carbons (Fsp3) is 0.182. The Morgan fingerprint density at radius 3 is 2.11 bits per heavy atom. The van der Waals surface area contributed by atoms with Gasteiger partial charge in [0.05, 0.1) is 6.42 Å². The first kappa shape index (κ1) is 13.5. The highest BCUT2D eigenvalue weighted by atomic mass is 16.4. The average Bonchev–Trinajstić information content (AvgIpc) is 2.28. The number of anilines is 1. The number of carboxylic acids is 2. The summed E-state index contributed by atoms with van der Waals surface area (Å²) < 4.78 is 0. The molecule has 2 amide bonds. The number of benzene rings is 1. The van der Waals surface area contributed by atoms with Crippen LogP contribution in [0.15, 0.2) is 24.3 Å². The standard InChI is InChI=1S/C11H12N2O5/c14-9(15)5-7-1-3-8(4-2-7)13-11(18)12-6-10(16)17/h1-4H,5-6H2,(H,14,15)(H,16,17)(H2,12,13,18). The largest absolute Gasteiger partial charge is 0.481 e. The zero-order chi connectivity index (χ0) is 13.5. The van der Waals surface area contributed by atoms with Crippen molar-refractivity contribution in [3.05, 3.63) is 29.8 Å². The summed E-state index contributed by atoms with van der Waals surface area (Å²) >= 11 is 0. The van der Waals surface area contributed by atoms with E-state index in [1.807, 2.05) is 0 Å². The number of hydrogen-bond acceptors (Lipinski definition) is 3. The molecule has 0 aliphatic carbocycles. The van der Waals surface area contributed by atoms with Gasteiger partial charge < -0.3 is 20.8 Å². The number of carbonyl (C=O) groups excluding carboxylic acids is 1. The van der Waals surface area contributed by atoms with Crippen molar-refractivity contribution in [2.45, 2.75) is 6.42 Å². The van der Waals surface area contributed by atoms with Crippen LogP contribution in [0.25, 0.3) is 0 Å². The summed E-state index contributed by atoms with van der Waals surface area (Å²) in [7, 11) is 0. The van der Waals surface area contributed by atoms with E-state index >= 15 is 0 Å². The molecule has 7 nitrogen and oxygen atoms in total. The van der Waals surface area contributed by atoms with Gasteiger partial charge in [0.25, 0.3) is 0 Å². The maximum Gasteiger partial charge on any atom is 0.323 e. The number of carbonyl (C=O) groups is 3. The maximum atomic E-state index is 11.2. The minimum atomic E-state index is -1.14. The summed E-state index contributed by atoms with van der Waals surface area (Å²) in [4.78, 5) is 31.9. The third-order valence-corrected chi connectivity index (χ3v) is 1.97. The van der Waals surface area contributed by atoms with Crippen molar-refractivity contribution < 1.29 is 24.6 Å². The second-order valence-electron chi connectivity index (χ2n) is 3.47. The Labute approximate surface area is 102 Å². The van der Waals surface area contributed by atoms with Crippen LogP contribution in [0.3, 0.4) is 0 Å². The molecule has 0 aromatic heterocycles. The minimum absolute atomic E-state index is 0.0918. The third kappa shape index (κ3) is 4.97. The van der Waals surface area contributed by atoms with Crippen molar-refractivity contribution >= 4 is 23.7 Å². The summed E-state index contributed by atoms with van der Waals surface area (Å²) in [5.41, 5.74) is 1.06. The molecule has 0 aliphatic rings. The Hall–Kier alpha value is -2.57. The lowest BCUT2D eigenvalue weighted by molar-refractivity contribution is -0.137. The van der Waals surface area contributed by atoms with Crippen molar-refractivity contribution in [3.8, 4) is 0 Å². The van der Waals surface area contributed by atoms with Gasteiger partial charge in [0, 0.05) is 5.69 Å². The van der Waals surface area contributed by atoms with Gasteiger partial charge in [-0.3, -0.25) is 9.59 Å². The van der Waals surface area contributed by atoms with Crippen LogP contribution in [-0.2, 0) is 16.0 Å². The Balaban J connectivity index is 2.50. The Morgan fingerprint density at radius 1 is 1.00 bits per heavy atom. The van der Waals surface area contributed by atoms with Gasteiger partial charge in [0.1, 0.15) is 6.54 Å². The smallest absolute Gasteiger partial charge is 0.323 e. The molecule has 1 aromatic rings. The Kier molecular flexibility index (Phi) is 4.67. The highest BCUT2D eigenvalue weighted by Crippen LogP contribution is 2.09. The molecule has 0 fully saturated rings. The van der Waals surface area contributed by atoms with E-state index in [1.165, 1.54) is 0 Å². The Morgan fingerprint density at radius 2 is 1.61 bits per heavy atom. The van der Waals surface area contributed by atoms with Gasteiger partial charge in [0.2, 0.25) is 0 Å². The average molecular weight is 252 g/mol. The molecule has 1 rings (SSSR count). The summed E-state index contributed by atoms with van der Waals surface area (Å²) in [5.74, 6) is -2.07. The number of rotatable bonds is 5. The second kappa shape index (κ2) is 6.24. The van der Waals surface area contributed by atoms with Gasteiger partial charge in [-0.05, 0) is 17.7 Å². The summed E-state index contributed by atoms with van der Waals surface area (Å²) in [6.07, 6.45) is -0.0918. The predicted octanol–water partition coefficient (Wildman–Crippen LogP) is 0.520. The van der Waals surface area contributed by atoms with E-state index in [4.69, 9.17) is 10.2 Å². The zero-order valence-electron chi connectivity index (χ0n) is 9.34. The molecule has 1 aromatic carbocycles. The van der Waals surface area contributed by atoms with Crippen LogP contribution in [-0.4, -0.2) is 34.7 Å². The second-order valence-corrected chi connectivity index (χ2v) is 3.47. The lowest BCUT2D eigenvalue weighted by atomic mass is 10.1. The number of amides is 2. The normalized spacial score (nSPS) is 9.56. The van der Waals surface area contributed by atoms with E-state index in [2.05, 4.69) is 10.6 Å². The number of hydrogen-bond donors (Lipinski definition) is 4. The lowest BCUT2D eigenvalue weighted by Gasteiger charge is -2.06. The van der Waals surface area contributed by atoms with Crippen LogP contribution in [0.1, 0.15) is 5.56 Å². The van der Waals surface area contributed by atoms with Crippen LogP contribution in [0.5, 0.6) is 0 Å². The molecule has 0 radical (unpaired) electrons. The number of urea groups is 1. The number of carboxylic acid groups (broad SMARTS) is 2. The first-order chi connectivity index (χ1) is 8.47. The van der Waals surface area contributed by atoms with Crippen LogP contribution < -0.4 is 10.6 Å². The quantitative estimate of drug-likeness (QED) is 0.609. The molecule has 0 aliphatic heterocycles. The summed E-state index contributed by atoms with van der Waals surface area (Å²) in [6, 6.07) is 5.59. The molecule has 96 valence electrons. The van der Waals surface area contributed by atoms with Gasteiger partial charge in [0.15, 0.2) is 0 Å². The van der Waals surface area contributed by atoms with Crippen molar-refractivity contribution in [2.75, 3.05) is 11.9 Å². The molecular formula is C11H12N2O5. The van der Waals surface area contributed by atoms with Gasteiger partial charge in [-0.2, -0.15) is 0 Å². The molecule has 0 saturated heterocycles. The SMILES string of the molecule is O=C(O)CNC(=O)Nc1ccc(CC(=O)O)cc1. The van der Waals surface area contributed by atoms with E-state index in [9.17, 15) is 14.4 Å². The molecule has 18 heavy (non-hydrogen) atoms. The summed E-state index contributed by atoms with van der Waals surface area (Å²) in [5, 5.41) is 21.5. The lowest BCUT2D eigenvalue weighted by Crippen LogP contribution is -2.33.